The average Bonchev–Trinajstić information content (AvgIpc) is 2.26. The maximum absolute atomic E-state index is 11.1. The van der Waals surface area contributed by atoms with Crippen LogP contribution in [0.15, 0.2) is 36.4 Å². The smallest absolute Gasteiger partial charge is 0.225 e. The molecule has 2 atom stereocenters. The van der Waals surface area contributed by atoms with E-state index in [1.54, 1.807) is 0 Å². The van der Waals surface area contributed by atoms with E-state index < -0.39 is 0 Å². The van der Waals surface area contributed by atoms with Crippen molar-refractivity contribution in [3.8, 4) is 0 Å². The minimum Gasteiger partial charge on any atom is -0.349 e. The maximum atomic E-state index is 11.1. The molecule has 0 spiro atoms. The molecular formula is C13H15NO. The van der Waals surface area contributed by atoms with Crippen LogP contribution in [0.25, 0.3) is 6.08 Å². The van der Waals surface area contributed by atoms with Crippen LogP contribution in [0, 0.1) is 5.92 Å². The predicted molar refractivity (Wildman–Crippen MR) is 61.2 cm³/mol. The first-order valence-corrected chi connectivity index (χ1v) is 5.35. The number of carbonyl (C=O) groups excluding carboxylic acids is 1. The van der Waals surface area contributed by atoms with Gasteiger partial charge in [0.05, 0.1) is 12.0 Å². The van der Waals surface area contributed by atoms with Gasteiger partial charge in [-0.3, -0.25) is 4.79 Å². The molecule has 1 N–H and O–H groups in total. The molecule has 0 aromatic heterocycles. The molecule has 1 aromatic carbocycles. The Kier molecular flexibility index (Phi) is 2.86. The highest BCUT2D eigenvalue weighted by Gasteiger charge is 2.35. The normalized spacial score (nSPS) is 25.0. The van der Waals surface area contributed by atoms with E-state index in [0.717, 1.165) is 6.42 Å². The van der Waals surface area contributed by atoms with E-state index in [9.17, 15) is 4.79 Å². The molecular weight excluding hydrogens is 186 g/mol. The van der Waals surface area contributed by atoms with Gasteiger partial charge in [-0.15, -0.1) is 0 Å². The first kappa shape index (κ1) is 9.97. The zero-order chi connectivity index (χ0) is 10.7. The van der Waals surface area contributed by atoms with Gasteiger partial charge in [0.15, 0.2) is 0 Å². The molecule has 0 aliphatic carbocycles. The van der Waals surface area contributed by atoms with Crippen molar-refractivity contribution in [2.45, 2.75) is 19.4 Å². The van der Waals surface area contributed by atoms with Crippen molar-refractivity contribution in [1.82, 2.24) is 5.32 Å². The van der Waals surface area contributed by atoms with Crippen LogP contribution in [0.2, 0.25) is 0 Å². The molecule has 1 heterocycles. The second-order valence-electron chi connectivity index (χ2n) is 3.82. The van der Waals surface area contributed by atoms with Gasteiger partial charge in [0.25, 0.3) is 0 Å². The lowest BCUT2D eigenvalue weighted by Gasteiger charge is -2.34. The molecule has 2 rings (SSSR count). The molecule has 0 saturated carbocycles. The number of hydrogen-bond acceptors (Lipinski definition) is 1. The topological polar surface area (TPSA) is 29.1 Å². The monoisotopic (exact) mass is 201 g/mol. The number of amides is 1. The van der Waals surface area contributed by atoms with Gasteiger partial charge in [-0.25, -0.2) is 0 Å². The molecule has 0 radical (unpaired) electrons. The number of nitrogens with one attached hydrogen (secondary N) is 1. The highest BCUT2D eigenvalue weighted by atomic mass is 16.2. The Morgan fingerprint density at radius 2 is 2.07 bits per heavy atom. The molecule has 1 fully saturated rings. The van der Waals surface area contributed by atoms with E-state index in [1.165, 1.54) is 5.56 Å². The van der Waals surface area contributed by atoms with Crippen LogP contribution >= 0.6 is 0 Å². The zero-order valence-electron chi connectivity index (χ0n) is 8.81. The highest BCUT2D eigenvalue weighted by molar-refractivity contribution is 5.86. The second kappa shape index (κ2) is 4.30. The molecule has 0 bridgehead atoms. The van der Waals surface area contributed by atoms with E-state index in [-0.39, 0.29) is 17.9 Å². The van der Waals surface area contributed by atoms with Gasteiger partial charge in [-0.2, -0.15) is 0 Å². The predicted octanol–water partition coefficient (Wildman–Crippen LogP) is 2.22. The van der Waals surface area contributed by atoms with Crippen molar-refractivity contribution < 1.29 is 4.79 Å². The van der Waals surface area contributed by atoms with Crippen molar-refractivity contribution >= 4 is 12.0 Å². The Morgan fingerprint density at radius 3 is 2.67 bits per heavy atom. The molecule has 15 heavy (non-hydrogen) atoms. The molecule has 1 aliphatic rings. The summed E-state index contributed by atoms with van der Waals surface area (Å²) in [6, 6.07) is 10.3. The first-order chi connectivity index (χ1) is 7.31. The lowest BCUT2D eigenvalue weighted by Crippen LogP contribution is -2.56. The van der Waals surface area contributed by atoms with Crippen LogP contribution in [0.1, 0.15) is 18.9 Å². The van der Waals surface area contributed by atoms with Crippen LogP contribution in [0.5, 0.6) is 0 Å². The minimum absolute atomic E-state index is 0.171. The van der Waals surface area contributed by atoms with Crippen molar-refractivity contribution in [3.63, 3.8) is 0 Å². The van der Waals surface area contributed by atoms with Crippen molar-refractivity contribution in [1.29, 1.82) is 0 Å². The van der Waals surface area contributed by atoms with Crippen LogP contribution in [0.4, 0.5) is 0 Å². The minimum atomic E-state index is 0.171. The van der Waals surface area contributed by atoms with Gasteiger partial charge < -0.3 is 5.32 Å². The van der Waals surface area contributed by atoms with Crippen molar-refractivity contribution in [2.24, 2.45) is 5.92 Å². The Bertz CT molecular complexity index is 369. The Labute approximate surface area is 90.0 Å². The fraction of sp³-hybridized carbons (Fsp3) is 0.308. The van der Waals surface area contributed by atoms with Crippen molar-refractivity contribution in [3.05, 3.63) is 42.0 Å². The summed E-state index contributed by atoms with van der Waals surface area (Å²) < 4.78 is 0. The SMILES string of the molecule is CC[C@@H]1C(=O)N[C@H]1/C=C/c1ccccc1. The average molecular weight is 201 g/mol. The standard InChI is InChI=1S/C13H15NO/c1-2-11-12(14-13(11)15)9-8-10-6-4-3-5-7-10/h3-9,11-12H,2H2,1H3,(H,14,15)/b9-8+/t11-,12-/m0/s1. The van der Waals surface area contributed by atoms with Gasteiger partial charge >= 0.3 is 0 Å². The Balaban J connectivity index is 1.98. The summed E-state index contributed by atoms with van der Waals surface area (Å²) in [7, 11) is 0. The summed E-state index contributed by atoms with van der Waals surface area (Å²) >= 11 is 0. The highest BCUT2D eigenvalue weighted by Crippen LogP contribution is 2.20. The second-order valence-corrected chi connectivity index (χ2v) is 3.82. The van der Waals surface area contributed by atoms with Crippen molar-refractivity contribution in [2.75, 3.05) is 0 Å². The Morgan fingerprint density at radius 1 is 1.33 bits per heavy atom. The summed E-state index contributed by atoms with van der Waals surface area (Å²) in [6.07, 6.45) is 5.05. The van der Waals surface area contributed by atoms with Crippen LogP contribution in [-0.4, -0.2) is 11.9 Å². The number of benzene rings is 1. The van der Waals surface area contributed by atoms with Crippen LogP contribution in [0.3, 0.4) is 0 Å². The number of carbonyl (C=O) groups is 1. The Hall–Kier alpha value is -1.57. The largest absolute Gasteiger partial charge is 0.349 e. The van der Waals surface area contributed by atoms with Crippen LogP contribution < -0.4 is 5.32 Å². The van der Waals surface area contributed by atoms with Crippen LogP contribution in [-0.2, 0) is 4.79 Å². The first-order valence-electron chi connectivity index (χ1n) is 5.35. The molecule has 2 nitrogen and oxygen atoms in total. The molecule has 2 heteroatoms. The molecule has 78 valence electrons. The third kappa shape index (κ3) is 2.09. The molecule has 1 saturated heterocycles. The summed E-state index contributed by atoms with van der Waals surface area (Å²) in [5.41, 5.74) is 1.17. The fourth-order valence-corrected chi connectivity index (χ4v) is 1.84. The molecule has 1 amide bonds. The van der Waals surface area contributed by atoms with E-state index in [0.29, 0.717) is 0 Å². The lowest BCUT2D eigenvalue weighted by molar-refractivity contribution is -0.133. The van der Waals surface area contributed by atoms with E-state index in [2.05, 4.69) is 29.6 Å². The van der Waals surface area contributed by atoms with Gasteiger partial charge in [0.1, 0.15) is 0 Å². The van der Waals surface area contributed by atoms with Gasteiger partial charge in [0.2, 0.25) is 5.91 Å². The zero-order valence-corrected chi connectivity index (χ0v) is 8.81. The van der Waals surface area contributed by atoms with Gasteiger partial charge in [0, 0.05) is 0 Å². The molecule has 1 aromatic rings. The number of hydrogen-bond donors (Lipinski definition) is 1. The molecule has 0 unspecified atom stereocenters. The quantitative estimate of drug-likeness (QED) is 0.746. The number of rotatable bonds is 3. The third-order valence-electron chi connectivity index (χ3n) is 2.81. The lowest BCUT2D eigenvalue weighted by atomic mass is 9.87. The fourth-order valence-electron chi connectivity index (χ4n) is 1.84. The summed E-state index contributed by atoms with van der Waals surface area (Å²) in [4.78, 5) is 11.1. The van der Waals surface area contributed by atoms with Gasteiger partial charge in [-0.05, 0) is 12.0 Å². The number of β-lactam (4-membered cyclic amide) rings is 1. The van der Waals surface area contributed by atoms with E-state index in [4.69, 9.17) is 0 Å². The van der Waals surface area contributed by atoms with Gasteiger partial charge in [-0.1, -0.05) is 49.4 Å². The summed E-state index contributed by atoms with van der Waals surface area (Å²) in [6.45, 7) is 2.05. The molecule has 1 aliphatic heterocycles. The van der Waals surface area contributed by atoms with E-state index in [1.807, 2.05) is 25.1 Å². The van der Waals surface area contributed by atoms with E-state index >= 15 is 0 Å². The third-order valence-corrected chi connectivity index (χ3v) is 2.81. The summed E-state index contributed by atoms with van der Waals surface area (Å²) in [5.74, 6) is 0.352. The summed E-state index contributed by atoms with van der Waals surface area (Å²) in [5, 5.41) is 2.89. The maximum Gasteiger partial charge on any atom is 0.225 e.